The summed E-state index contributed by atoms with van der Waals surface area (Å²) in [6.45, 7) is 2.14. The van der Waals surface area contributed by atoms with Crippen LogP contribution in [0.25, 0.3) is 0 Å². The van der Waals surface area contributed by atoms with Crippen molar-refractivity contribution >= 4 is 17.4 Å². The summed E-state index contributed by atoms with van der Waals surface area (Å²) in [6, 6.07) is 12.5. The second-order valence-electron chi connectivity index (χ2n) is 4.19. The molecule has 3 heteroatoms. The molecule has 1 aliphatic heterocycles. The maximum absolute atomic E-state index is 9.45. The van der Waals surface area contributed by atoms with E-state index in [1.807, 2.05) is 42.1 Å². The largest absolute Gasteiger partial charge is 0.366 e. The van der Waals surface area contributed by atoms with Gasteiger partial charge in [0.15, 0.2) is 0 Å². The number of para-hydroxylation sites is 1. The third kappa shape index (κ3) is 2.17. The minimum absolute atomic E-state index is 0.339. The van der Waals surface area contributed by atoms with Crippen molar-refractivity contribution in [3.05, 3.63) is 30.3 Å². The normalized spacial score (nSPS) is 29.4. The van der Waals surface area contributed by atoms with Crippen LogP contribution in [0.5, 0.6) is 0 Å². The lowest BCUT2D eigenvalue weighted by Crippen LogP contribution is -2.47. The zero-order chi connectivity index (χ0) is 11.4. The Labute approximate surface area is 101 Å². The number of hydrogen-bond donors (Lipinski definition) is 1. The Bertz CT molecular complexity index is 385. The van der Waals surface area contributed by atoms with Crippen molar-refractivity contribution < 1.29 is 0 Å². The predicted molar refractivity (Wildman–Crippen MR) is 69.6 cm³/mol. The molecule has 84 valence electrons. The smallest absolute Gasteiger partial charge is 0.137 e. The molecule has 1 aromatic rings. The van der Waals surface area contributed by atoms with Gasteiger partial charge in [-0.15, -0.1) is 0 Å². The maximum atomic E-state index is 9.45. The first kappa shape index (κ1) is 11.3. The number of nitrogens with zero attached hydrogens (tertiary/aromatic N) is 1. The minimum Gasteiger partial charge on any atom is -0.366 e. The van der Waals surface area contributed by atoms with Crippen molar-refractivity contribution in [2.24, 2.45) is 0 Å². The van der Waals surface area contributed by atoms with Gasteiger partial charge in [0.25, 0.3) is 0 Å². The lowest BCUT2D eigenvalue weighted by atomic mass is 9.91. The molecule has 0 amide bonds. The van der Waals surface area contributed by atoms with E-state index in [2.05, 4.69) is 18.3 Å². The van der Waals surface area contributed by atoms with E-state index in [1.54, 1.807) is 0 Å². The quantitative estimate of drug-likeness (QED) is 0.850. The third-order valence-electron chi connectivity index (χ3n) is 3.12. The zero-order valence-electron chi connectivity index (χ0n) is 9.44. The van der Waals surface area contributed by atoms with Gasteiger partial charge in [-0.25, -0.2) is 0 Å². The second-order valence-corrected chi connectivity index (χ2v) is 5.64. The summed E-state index contributed by atoms with van der Waals surface area (Å²) in [5.74, 6) is 1.17. The number of nitriles is 1. The van der Waals surface area contributed by atoms with Gasteiger partial charge in [0.05, 0.1) is 6.07 Å². The van der Waals surface area contributed by atoms with E-state index in [4.69, 9.17) is 0 Å². The molecule has 0 aliphatic carbocycles. The van der Waals surface area contributed by atoms with E-state index >= 15 is 0 Å². The van der Waals surface area contributed by atoms with Crippen molar-refractivity contribution in [2.45, 2.75) is 30.6 Å². The Morgan fingerprint density at radius 1 is 1.44 bits per heavy atom. The highest BCUT2D eigenvalue weighted by Gasteiger charge is 2.38. The lowest BCUT2D eigenvalue weighted by Gasteiger charge is -2.37. The highest BCUT2D eigenvalue weighted by molar-refractivity contribution is 8.00. The van der Waals surface area contributed by atoms with Crippen molar-refractivity contribution in [1.29, 1.82) is 5.26 Å². The number of thioether (sulfide) groups is 1. The molecule has 1 heterocycles. The molecule has 1 aromatic carbocycles. The predicted octanol–water partition coefficient (Wildman–Crippen LogP) is 3.28. The van der Waals surface area contributed by atoms with Crippen molar-refractivity contribution in [1.82, 2.24) is 0 Å². The van der Waals surface area contributed by atoms with Gasteiger partial charge in [-0.2, -0.15) is 17.0 Å². The van der Waals surface area contributed by atoms with Gasteiger partial charge in [0.2, 0.25) is 0 Å². The molecule has 1 fully saturated rings. The Morgan fingerprint density at radius 2 is 2.19 bits per heavy atom. The van der Waals surface area contributed by atoms with Crippen LogP contribution in [0.15, 0.2) is 30.3 Å². The summed E-state index contributed by atoms with van der Waals surface area (Å²) in [4.78, 5) is 0. The van der Waals surface area contributed by atoms with Gasteiger partial charge in [-0.3, -0.25) is 0 Å². The van der Waals surface area contributed by atoms with Gasteiger partial charge >= 0.3 is 0 Å². The van der Waals surface area contributed by atoms with Crippen LogP contribution in [0, 0.1) is 11.3 Å². The Hall–Kier alpha value is -1.14. The standard InChI is InChI=1S/C13H16N2S/c1-11-13(10-14,8-5-9-16-11)15-12-6-3-2-4-7-12/h2-4,6-7,11,15H,5,8-9H2,1H3. The maximum Gasteiger partial charge on any atom is 0.137 e. The average Bonchev–Trinajstić information content (AvgIpc) is 2.34. The first-order chi connectivity index (χ1) is 7.77. The SMILES string of the molecule is CC1SCCCC1(C#N)Nc1ccccc1. The molecule has 0 aromatic heterocycles. The van der Waals surface area contributed by atoms with Gasteiger partial charge in [-0.05, 0) is 37.7 Å². The van der Waals surface area contributed by atoms with Gasteiger partial charge in [-0.1, -0.05) is 18.2 Å². The second kappa shape index (κ2) is 4.80. The van der Waals surface area contributed by atoms with Gasteiger partial charge < -0.3 is 5.32 Å². The molecule has 0 radical (unpaired) electrons. The molecule has 0 bridgehead atoms. The van der Waals surface area contributed by atoms with E-state index in [0.29, 0.717) is 5.25 Å². The van der Waals surface area contributed by atoms with Crippen LogP contribution in [0.4, 0.5) is 5.69 Å². The summed E-state index contributed by atoms with van der Waals surface area (Å²) >= 11 is 1.88. The van der Waals surface area contributed by atoms with E-state index in [9.17, 15) is 5.26 Å². The topological polar surface area (TPSA) is 35.8 Å². The molecule has 2 atom stereocenters. The van der Waals surface area contributed by atoms with Gasteiger partial charge in [0, 0.05) is 10.9 Å². The summed E-state index contributed by atoms with van der Waals surface area (Å²) < 4.78 is 0. The molecular formula is C13H16N2S. The highest BCUT2D eigenvalue weighted by Crippen LogP contribution is 2.36. The number of benzene rings is 1. The van der Waals surface area contributed by atoms with E-state index in [-0.39, 0.29) is 0 Å². The molecule has 2 nitrogen and oxygen atoms in total. The number of anilines is 1. The van der Waals surface area contributed by atoms with Crippen LogP contribution >= 0.6 is 11.8 Å². The van der Waals surface area contributed by atoms with Crippen LogP contribution in [0.1, 0.15) is 19.8 Å². The fraction of sp³-hybridized carbons (Fsp3) is 0.462. The highest BCUT2D eigenvalue weighted by atomic mass is 32.2. The molecule has 2 unspecified atom stereocenters. The monoisotopic (exact) mass is 232 g/mol. The van der Waals surface area contributed by atoms with Crippen LogP contribution in [-0.2, 0) is 0 Å². The van der Waals surface area contributed by atoms with Crippen molar-refractivity contribution in [2.75, 3.05) is 11.1 Å². The van der Waals surface area contributed by atoms with E-state index < -0.39 is 5.54 Å². The van der Waals surface area contributed by atoms with E-state index in [0.717, 1.165) is 18.5 Å². The van der Waals surface area contributed by atoms with Crippen molar-refractivity contribution in [3.63, 3.8) is 0 Å². The first-order valence-electron chi connectivity index (χ1n) is 5.63. The van der Waals surface area contributed by atoms with Crippen LogP contribution in [0.2, 0.25) is 0 Å². The fourth-order valence-corrected chi connectivity index (χ4v) is 3.25. The molecule has 2 rings (SSSR count). The molecule has 1 aliphatic rings. The molecule has 1 N–H and O–H groups in total. The van der Waals surface area contributed by atoms with Crippen LogP contribution in [0.3, 0.4) is 0 Å². The summed E-state index contributed by atoms with van der Waals surface area (Å²) in [5.41, 5.74) is 0.642. The Balaban J connectivity index is 2.19. The Kier molecular flexibility index (Phi) is 3.40. The number of rotatable bonds is 2. The molecule has 0 spiro atoms. The summed E-state index contributed by atoms with van der Waals surface area (Å²) in [6.07, 6.45) is 2.05. The van der Waals surface area contributed by atoms with Crippen LogP contribution < -0.4 is 5.32 Å². The average molecular weight is 232 g/mol. The van der Waals surface area contributed by atoms with Gasteiger partial charge in [0.1, 0.15) is 5.54 Å². The van der Waals surface area contributed by atoms with Crippen molar-refractivity contribution in [3.8, 4) is 6.07 Å². The molecule has 16 heavy (non-hydrogen) atoms. The summed E-state index contributed by atoms with van der Waals surface area (Å²) in [7, 11) is 0. The molecule has 1 saturated heterocycles. The zero-order valence-corrected chi connectivity index (χ0v) is 10.3. The minimum atomic E-state index is -0.399. The third-order valence-corrected chi connectivity index (χ3v) is 4.54. The first-order valence-corrected chi connectivity index (χ1v) is 6.68. The molecule has 0 saturated carbocycles. The summed E-state index contributed by atoms with van der Waals surface area (Å²) in [5, 5.41) is 13.2. The Morgan fingerprint density at radius 3 is 2.81 bits per heavy atom. The lowest BCUT2D eigenvalue weighted by molar-refractivity contribution is 0.513. The van der Waals surface area contributed by atoms with Crippen LogP contribution in [-0.4, -0.2) is 16.5 Å². The van der Waals surface area contributed by atoms with E-state index in [1.165, 1.54) is 5.75 Å². The number of hydrogen-bond acceptors (Lipinski definition) is 3. The number of nitrogens with one attached hydrogen (secondary N) is 1. The fourth-order valence-electron chi connectivity index (χ4n) is 2.07. The molecular weight excluding hydrogens is 216 g/mol.